The number of nitrogens with one attached hydrogen (secondary N) is 1. The lowest BCUT2D eigenvalue weighted by molar-refractivity contribution is 0.262. The predicted octanol–water partition coefficient (Wildman–Crippen LogP) is 2.32. The smallest absolute Gasteiger partial charge is 0.0329 e. The van der Waals surface area contributed by atoms with E-state index in [1.807, 2.05) is 6.92 Å². The van der Waals surface area contributed by atoms with E-state index in [1.54, 1.807) is 0 Å². The molecule has 15 heavy (non-hydrogen) atoms. The lowest BCUT2D eigenvalue weighted by Gasteiger charge is -2.34. The van der Waals surface area contributed by atoms with E-state index >= 15 is 0 Å². The fourth-order valence-corrected chi connectivity index (χ4v) is 1.78. The van der Waals surface area contributed by atoms with Gasteiger partial charge in [-0.25, -0.2) is 0 Å². The van der Waals surface area contributed by atoms with Crippen LogP contribution in [0.2, 0.25) is 0 Å². The van der Waals surface area contributed by atoms with Crippen molar-refractivity contribution in [1.29, 1.82) is 0 Å². The van der Waals surface area contributed by atoms with Gasteiger partial charge >= 0.3 is 0 Å². The molecule has 2 heteroatoms. The molecule has 1 N–H and O–H groups in total. The van der Waals surface area contributed by atoms with Crippen molar-refractivity contribution in [3.63, 3.8) is 0 Å². The summed E-state index contributed by atoms with van der Waals surface area (Å²) in [5.41, 5.74) is 2.39. The Hall–Kier alpha value is -1.02. The molecule has 0 radical (unpaired) electrons. The zero-order chi connectivity index (χ0) is 11.3. The molecule has 0 amide bonds. The fourth-order valence-electron chi connectivity index (χ4n) is 1.78. The molecule has 1 unspecified atom stereocenters. The second-order valence-corrected chi connectivity index (χ2v) is 4.19. The molecule has 84 valence electrons. The number of hydrogen-bond acceptors (Lipinski definition) is 2. The summed E-state index contributed by atoms with van der Waals surface area (Å²) in [6, 6.07) is 0.576. The average Bonchev–Trinajstić information content (AvgIpc) is 2.18. The SMILES string of the molecule is C=C(C)/C=C\C(=C/C)N1CCNC(C)C1. The highest BCUT2D eigenvalue weighted by Crippen LogP contribution is 2.10. The quantitative estimate of drug-likeness (QED) is 0.713. The van der Waals surface area contributed by atoms with E-state index in [1.165, 1.54) is 5.70 Å². The molecule has 0 aromatic rings. The Kier molecular flexibility index (Phi) is 4.63. The van der Waals surface area contributed by atoms with Crippen LogP contribution < -0.4 is 5.32 Å². The van der Waals surface area contributed by atoms with Crippen molar-refractivity contribution >= 4 is 0 Å². The van der Waals surface area contributed by atoms with Gasteiger partial charge in [0.25, 0.3) is 0 Å². The Labute approximate surface area is 93.4 Å². The Balaban J connectivity index is 2.62. The third-order valence-corrected chi connectivity index (χ3v) is 2.57. The number of rotatable bonds is 3. The molecular weight excluding hydrogens is 184 g/mol. The standard InChI is InChI=1S/C13H22N2/c1-5-13(7-6-11(2)3)15-9-8-14-12(4)10-15/h5-7,12,14H,2,8-10H2,1,3-4H3/b7-6-,13-5+. The molecule has 1 fully saturated rings. The molecule has 0 aromatic carbocycles. The van der Waals surface area contributed by atoms with Crippen molar-refractivity contribution < 1.29 is 0 Å². The van der Waals surface area contributed by atoms with E-state index < -0.39 is 0 Å². The van der Waals surface area contributed by atoms with Crippen LogP contribution in [0.3, 0.4) is 0 Å². The van der Waals surface area contributed by atoms with Gasteiger partial charge in [0.15, 0.2) is 0 Å². The summed E-state index contributed by atoms with van der Waals surface area (Å²) < 4.78 is 0. The highest BCUT2D eigenvalue weighted by atomic mass is 15.2. The Bertz CT molecular complexity index is 276. The van der Waals surface area contributed by atoms with Crippen LogP contribution in [0.15, 0.2) is 36.1 Å². The molecule has 1 aliphatic heterocycles. The van der Waals surface area contributed by atoms with Crippen molar-refractivity contribution in [2.45, 2.75) is 26.8 Å². The van der Waals surface area contributed by atoms with Crippen molar-refractivity contribution in [2.75, 3.05) is 19.6 Å². The van der Waals surface area contributed by atoms with Gasteiger partial charge in [0.1, 0.15) is 0 Å². The maximum atomic E-state index is 3.88. The van der Waals surface area contributed by atoms with Crippen molar-refractivity contribution in [3.8, 4) is 0 Å². The normalized spacial score (nSPS) is 23.5. The van der Waals surface area contributed by atoms with Crippen LogP contribution in [0.5, 0.6) is 0 Å². The van der Waals surface area contributed by atoms with E-state index in [9.17, 15) is 0 Å². The molecule has 1 atom stereocenters. The fraction of sp³-hybridized carbons (Fsp3) is 0.538. The van der Waals surface area contributed by atoms with Crippen LogP contribution in [-0.4, -0.2) is 30.6 Å². The second kappa shape index (κ2) is 5.76. The van der Waals surface area contributed by atoms with E-state index in [0.717, 1.165) is 25.2 Å². The van der Waals surface area contributed by atoms with E-state index in [4.69, 9.17) is 0 Å². The zero-order valence-electron chi connectivity index (χ0n) is 10.1. The van der Waals surface area contributed by atoms with E-state index in [0.29, 0.717) is 6.04 Å². The summed E-state index contributed by atoms with van der Waals surface area (Å²) in [6.45, 7) is 13.4. The first-order chi connectivity index (χ1) is 7.13. The Morgan fingerprint density at radius 1 is 1.47 bits per heavy atom. The predicted molar refractivity (Wildman–Crippen MR) is 66.7 cm³/mol. The second-order valence-electron chi connectivity index (χ2n) is 4.19. The van der Waals surface area contributed by atoms with Crippen LogP contribution in [0.4, 0.5) is 0 Å². The zero-order valence-corrected chi connectivity index (χ0v) is 10.1. The molecule has 0 aliphatic carbocycles. The average molecular weight is 206 g/mol. The van der Waals surface area contributed by atoms with Crippen LogP contribution in [0.1, 0.15) is 20.8 Å². The van der Waals surface area contributed by atoms with E-state index in [-0.39, 0.29) is 0 Å². The molecule has 0 spiro atoms. The van der Waals surface area contributed by atoms with Crippen LogP contribution >= 0.6 is 0 Å². The topological polar surface area (TPSA) is 15.3 Å². The minimum absolute atomic E-state index is 0.576. The first-order valence-electron chi connectivity index (χ1n) is 5.61. The van der Waals surface area contributed by atoms with Gasteiger partial charge in [0.2, 0.25) is 0 Å². The summed E-state index contributed by atoms with van der Waals surface area (Å²) in [5, 5.41) is 3.45. The minimum atomic E-state index is 0.576. The third-order valence-electron chi connectivity index (χ3n) is 2.57. The number of piperazine rings is 1. The molecule has 1 aliphatic rings. The molecule has 1 saturated heterocycles. The summed E-state index contributed by atoms with van der Waals surface area (Å²) >= 11 is 0. The third kappa shape index (κ3) is 3.92. The minimum Gasteiger partial charge on any atom is -0.369 e. The molecule has 1 rings (SSSR count). The Morgan fingerprint density at radius 2 is 2.20 bits per heavy atom. The van der Waals surface area contributed by atoms with Gasteiger partial charge in [-0.1, -0.05) is 24.3 Å². The highest BCUT2D eigenvalue weighted by molar-refractivity contribution is 5.24. The molecule has 0 aromatic heterocycles. The van der Waals surface area contributed by atoms with Crippen LogP contribution in [0.25, 0.3) is 0 Å². The lowest BCUT2D eigenvalue weighted by atomic mass is 10.2. The van der Waals surface area contributed by atoms with Gasteiger partial charge in [0, 0.05) is 31.4 Å². The first kappa shape index (κ1) is 12.1. The van der Waals surface area contributed by atoms with Gasteiger partial charge in [-0.2, -0.15) is 0 Å². The maximum absolute atomic E-state index is 3.88. The largest absolute Gasteiger partial charge is 0.369 e. The van der Waals surface area contributed by atoms with Gasteiger partial charge in [-0.3, -0.25) is 0 Å². The van der Waals surface area contributed by atoms with Gasteiger partial charge in [-0.15, -0.1) is 0 Å². The number of hydrogen-bond donors (Lipinski definition) is 1. The molecular formula is C13H22N2. The molecule has 0 bridgehead atoms. The molecule has 1 heterocycles. The maximum Gasteiger partial charge on any atom is 0.0329 e. The van der Waals surface area contributed by atoms with Crippen LogP contribution in [-0.2, 0) is 0 Å². The summed E-state index contributed by atoms with van der Waals surface area (Å²) in [5.74, 6) is 0. The van der Waals surface area contributed by atoms with Gasteiger partial charge in [-0.05, 0) is 26.8 Å². The van der Waals surface area contributed by atoms with Crippen molar-refractivity contribution in [1.82, 2.24) is 10.2 Å². The Morgan fingerprint density at radius 3 is 2.73 bits per heavy atom. The first-order valence-corrected chi connectivity index (χ1v) is 5.61. The summed E-state index contributed by atoms with van der Waals surface area (Å²) in [7, 11) is 0. The number of nitrogens with zero attached hydrogens (tertiary/aromatic N) is 1. The molecule has 2 nitrogen and oxygen atoms in total. The van der Waals surface area contributed by atoms with Crippen LogP contribution in [0, 0.1) is 0 Å². The molecule has 0 saturated carbocycles. The van der Waals surface area contributed by atoms with Crippen molar-refractivity contribution in [2.24, 2.45) is 0 Å². The monoisotopic (exact) mass is 206 g/mol. The van der Waals surface area contributed by atoms with Gasteiger partial charge in [0.05, 0.1) is 0 Å². The number of allylic oxidation sites excluding steroid dienone is 4. The highest BCUT2D eigenvalue weighted by Gasteiger charge is 2.15. The summed E-state index contributed by atoms with van der Waals surface area (Å²) in [6.07, 6.45) is 6.39. The lowest BCUT2D eigenvalue weighted by Crippen LogP contribution is -2.48. The van der Waals surface area contributed by atoms with E-state index in [2.05, 4.69) is 48.9 Å². The van der Waals surface area contributed by atoms with Gasteiger partial charge < -0.3 is 10.2 Å². The van der Waals surface area contributed by atoms with Crippen molar-refractivity contribution in [3.05, 3.63) is 36.1 Å². The summed E-state index contributed by atoms with van der Waals surface area (Å²) in [4.78, 5) is 2.42.